The van der Waals surface area contributed by atoms with Gasteiger partial charge in [-0.05, 0) is 48.7 Å². The lowest BCUT2D eigenvalue weighted by Crippen LogP contribution is -2.28. The Labute approximate surface area is 137 Å². The molecule has 0 radical (unpaired) electrons. The third kappa shape index (κ3) is 4.03. The fraction of sp³-hybridized carbons (Fsp3) is 0.316. The summed E-state index contributed by atoms with van der Waals surface area (Å²) in [6, 6.07) is 13.1. The highest BCUT2D eigenvalue weighted by atomic mass is 16.5. The first-order valence-corrected chi connectivity index (χ1v) is 7.68. The molecule has 1 unspecified atom stereocenters. The molecule has 0 aliphatic heterocycles. The van der Waals surface area contributed by atoms with Gasteiger partial charge in [-0.2, -0.15) is 0 Å². The van der Waals surface area contributed by atoms with Crippen LogP contribution in [0.15, 0.2) is 42.5 Å². The van der Waals surface area contributed by atoms with Crippen molar-refractivity contribution in [2.45, 2.75) is 26.3 Å². The van der Waals surface area contributed by atoms with Crippen LogP contribution in [-0.4, -0.2) is 20.1 Å². The minimum Gasteiger partial charge on any atom is -0.497 e. The van der Waals surface area contributed by atoms with Crippen molar-refractivity contribution < 1.29 is 14.3 Å². The Bertz CT molecular complexity index is 682. The number of carbonyl (C=O) groups excluding carboxylic acids is 1. The van der Waals surface area contributed by atoms with Gasteiger partial charge >= 0.3 is 0 Å². The topological polar surface area (TPSA) is 47.6 Å². The number of benzene rings is 2. The summed E-state index contributed by atoms with van der Waals surface area (Å²) in [5, 5.41) is 3.08. The Hall–Kier alpha value is -2.49. The minimum atomic E-state index is -0.107. The summed E-state index contributed by atoms with van der Waals surface area (Å²) in [5.74, 6) is 1.41. The number of nitrogens with one attached hydrogen (secondary N) is 1. The standard InChI is InChI=1S/C19H23NO3/c1-5-17(14-9-10-18(23-4)13(2)11-14)20-19(21)15-7-6-8-16(12-15)22-3/h6-12,17H,5H2,1-4H3,(H,20,21). The lowest BCUT2D eigenvalue weighted by Gasteiger charge is -2.19. The van der Waals surface area contributed by atoms with Crippen molar-refractivity contribution in [2.75, 3.05) is 14.2 Å². The highest BCUT2D eigenvalue weighted by Gasteiger charge is 2.15. The SMILES string of the molecule is CCC(NC(=O)c1cccc(OC)c1)c1ccc(OC)c(C)c1. The van der Waals surface area contributed by atoms with Gasteiger partial charge in [0.25, 0.3) is 5.91 Å². The summed E-state index contributed by atoms with van der Waals surface area (Å²) in [5.41, 5.74) is 2.72. The molecular weight excluding hydrogens is 290 g/mol. The molecule has 0 saturated heterocycles. The molecule has 0 aliphatic carbocycles. The highest BCUT2D eigenvalue weighted by molar-refractivity contribution is 5.94. The molecule has 0 aliphatic rings. The van der Waals surface area contributed by atoms with Crippen LogP contribution in [-0.2, 0) is 0 Å². The van der Waals surface area contributed by atoms with Crippen molar-refractivity contribution in [3.8, 4) is 11.5 Å². The number of aryl methyl sites for hydroxylation is 1. The zero-order chi connectivity index (χ0) is 16.8. The lowest BCUT2D eigenvalue weighted by molar-refractivity contribution is 0.0935. The van der Waals surface area contributed by atoms with E-state index < -0.39 is 0 Å². The van der Waals surface area contributed by atoms with Gasteiger partial charge in [-0.3, -0.25) is 4.79 Å². The smallest absolute Gasteiger partial charge is 0.251 e. The summed E-state index contributed by atoms with van der Waals surface area (Å²) in [6.45, 7) is 4.05. The fourth-order valence-corrected chi connectivity index (χ4v) is 2.55. The maximum Gasteiger partial charge on any atom is 0.251 e. The van der Waals surface area contributed by atoms with E-state index >= 15 is 0 Å². The zero-order valence-corrected chi connectivity index (χ0v) is 14.1. The van der Waals surface area contributed by atoms with E-state index in [1.165, 1.54) is 0 Å². The number of rotatable bonds is 6. The third-order valence-electron chi connectivity index (χ3n) is 3.87. The van der Waals surface area contributed by atoms with Crippen molar-refractivity contribution in [2.24, 2.45) is 0 Å². The van der Waals surface area contributed by atoms with E-state index in [9.17, 15) is 4.79 Å². The Kier molecular flexibility index (Phi) is 5.63. The van der Waals surface area contributed by atoms with Gasteiger partial charge < -0.3 is 14.8 Å². The van der Waals surface area contributed by atoms with Crippen molar-refractivity contribution in [3.63, 3.8) is 0 Å². The summed E-state index contributed by atoms with van der Waals surface area (Å²) in [7, 11) is 3.25. The van der Waals surface area contributed by atoms with Crippen LogP contribution in [0.2, 0.25) is 0 Å². The third-order valence-corrected chi connectivity index (χ3v) is 3.87. The molecule has 0 heterocycles. The van der Waals surface area contributed by atoms with Crippen LogP contribution in [0.5, 0.6) is 11.5 Å². The molecule has 4 heteroatoms. The molecule has 122 valence electrons. The van der Waals surface area contributed by atoms with E-state index in [2.05, 4.69) is 18.3 Å². The van der Waals surface area contributed by atoms with Gasteiger partial charge in [0, 0.05) is 5.56 Å². The maximum atomic E-state index is 12.5. The molecule has 0 saturated carbocycles. The van der Waals surface area contributed by atoms with Crippen molar-refractivity contribution in [1.29, 1.82) is 0 Å². The molecule has 23 heavy (non-hydrogen) atoms. The number of ether oxygens (including phenoxy) is 2. The molecule has 1 atom stereocenters. The first kappa shape index (κ1) is 16.9. The monoisotopic (exact) mass is 313 g/mol. The number of amides is 1. The average Bonchev–Trinajstić information content (AvgIpc) is 2.59. The summed E-state index contributed by atoms with van der Waals surface area (Å²) in [4.78, 5) is 12.5. The van der Waals surface area contributed by atoms with Crippen molar-refractivity contribution >= 4 is 5.91 Å². The molecule has 0 spiro atoms. The van der Waals surface area contributed by atoms with E-state index in [0.29, 0.717) is 11.3 Å². The average molecular weight is 313 g/mol. The Morgan fingerprint density at radius 1 is 1.13 bits per heavy atom. The van der Waals surface area contributed by atoms with Crippen LogP contribution in [0.1, 0.15) is 40.9 Å². The second-order valence-electron chi connectivity index (χ2n) is 5.40. The summed E-state index contributed by atoms with van der Waals surface area (Å²) >= 11 is 0. The summed E-state index contributed by atoms with van der Waals surface area (Å²) in [6.07, 6.45) is 0.807. The van der Waals surface area contributed by atoms with Gasteiger partial charge in [0.1, 0.15) is 11.5 Å². The normalized spacial score (nSPS) is 11.7. The molecule has 2 rings (SSSR count). The highest BCUT2D eigenvalue weighted by Crippen LogP contribution is 2.24. The number of methoxy groups -OCH3 is 2. The van der Waals surface area contributed by atoms with E-state index in [1.54, 1.807) is 26.4 Å². The fourth-order valence-electron chi connectivity index (χ4n) is 2.55. The predicted octanol–water partition coefficient (Wildman–Crippen LogP) is 3.89. The Balaban J connectivity index is 2.18. The van der Waals surface area contributed by atoms with Crippen LogP contribution in [0, 0.1) is 6.92 Å². The molecule has 0 bridgehead atoms. The van der Waals surface area contributed by atoms with E-state index in [1.807, 2.05) is 31.2 Å². The largest absolute Gasteiger partial charge is 0.497 e. The maximum absolute atomic E-state index is 12.5. The van der Waals surface area contributed by atoms with Gasteiger partial charge in [0.2, 0.25) is 0 Å². The number of carbonyl (C=O) groups is 1. The van der Waals surface area contributed by atoms with Crippen molar-refractivity contribution in [3.05, 3.63) is 59.2 Å². The van der Waals surface area contributed by atoms with Crippen LogP contribution in [0.3, 0.4) is 0 Å². The second kappa shape index (κ2) is 7.68. The Morgan fingerprint density at radius 3 is 2.52 bits per heavy atom. The van der Waals surface area contributed by atoms with Gasteiger partial charge in [0.15, 0.2) is 0 Å². The first-order chi connectivity index (χ1) is 11.1. The molecule has 2 aromatic rings. The van der Waals surface area contributed by atoms with Crippen LogP contribution >= 0.6 is 0 Å². The summed E-state index contributed by atoms with van der Waals surface area (Å²) < 4.78 is 10.5. The molecule has 2 aromatic carbocycles. The van der Waals surface area contributed by atoms with Gasteiger partial charge in [-0.25, -0.2) is 0 Å². The van der Waals surface area contributed by atoms with E-state index in [-0.39, 0.29) is 11.9 Å². The quantitative estimate of drug-likeness (QED) is 0.880. The Morgan fingerprint density at radius 2 is 1.91 bits per heavy atom. The van der Waals surface area contributed by atoms with E-state index in [4.69, 9.17) is 9.47 Å². The van der Waals surface area contributed by atoms with Crippen LogP contribution < -0.4 is 14.8 Å². The molecule has 1 amide bonds. The predicted molar refractivity (Wildman–Crippen MR) is 91.2 cm³/mol. The molecule has 0 fully saturated rings. The molecule has 4 nitrogen and oxygen atoms in total. The molecule has 1 N–H and O–H groups in total. The van der Waals surface area contributed by atoms with E-state index in [0.717, 1.165) is 23.3 Å². The minimum absolute atomic E-state index is 0.0432. The number of hydrogen-bond donors (Lipinski definition) is 1. The van der Waals surface area contributed by atoms with Crippen LogP contribution in [0.25, 0.3) is 0 Å². The first-order valence-electron chi connectivity index (χ1n) is 7.68. The van der Waals surface area contributed by atoms with Gasteiger partial charge in [-0.15, -0.1) is 0 Å². The molecular formula is C19H23NO3. The number of hydrogen-bond acceptors (Lipinski definition) is 3. The molecule has 0 aromatic heterocycles. The van der Waals surface area contributed by atoms with Gasteiger partial charge in [-0.1, -0.05) is 25.1 Å². The zero-order valence-electron chi connectivity index (χ0n) is 14.1. The lowest BCUT2D eigenvalue weighted by atomic mass is 10.0. The van der Waals surface area contributed by atoms with Crippen molar-refractivity contribution in [1.82, 2.24) is 5.32 Å². The van der Waals surface area contributed by atoms with Crippen LogP contribution in [0.4, 0.5) is 0 Å². The second-order valence-corrected chi connectivity index (χ2v) is 5.40. The van der Waals surface area contributed by atoms with Gasteiger partial charge in [0.05, 0.1) is 20.3 Å².